The minimum atomic E-state index is -0.149. The van der Waals surface area contributed by atoms with Gasteiger partial charge >= 0.3 is 6.03 Å². The second-order valence-electron chi connectivity index (χ2n) is 5.34. The van der Waals surface area contributed by atoms with Crippen LogP contribution < -0.4 is 5.32 Å². The van der Waals surface area contributed by atoms with Gasteiger partial charge in [0.15, 0.2) is 0 Å². The highest BCUT2D eigenvalue weighted by molar-refractivity contribution is 5.90. The highest BCUT2D eigenvalue weighted by atomic mass is 16.2. The zero-order valence-corrected chi connectivity index (χ0v) is 13.5. The minimum Gasteiger partial charge on any atom is -0.321 e. The van der Waals surface area contributed by atoms with Gasteiger partial charge < -0.3 is 10.2 Å². The van der Waals surface area contributed by atoms with Crippen LogP contribution in [0.1, 0.15) is 36.3 Å². The number of aryl methyl sites for hydroxylation is 2. The zero-order chi connectivity index (χ0) is 16.1. The van der Waals surface area contributed by atoms with Crippen LogP contribution in [0.4, 0.5) is 10.5 Å². The number of nitrogens with zero attached hydrogens (tertiary/aromatic N) is 3. The van der Waals surface area contributed by atoms with Crippen molar-refractivity contribution in [2.24, 2.45) is 0 Å². The molecule has 0 saturated heterocycles. The number of hydrogen-bond acceptors (Lipinski definition) is 3. The molecule has 0 fully saturated rings. The predicted molar refractivity (Wildman–Crippen MR) is 87.8 cm³/mol. The molecule has 116 valence electrons. The third-order valence-electron chi connectivity index (χ3n) is 3.71. The third-order valence-corrected chi connectivity index (χ3v) is 3.71. The van der Waals surface area contributed by atoms with Crippen LogP contribution in [0.15, 0.2) is 36.7 Å². The van der Waals surface area contributed by atoms with Crippen molar-refractivity contribution in [3.8, 4) is 0 Å². The Hall–Kier alpha value is -2.43. The molecule has 0 unspecified atom stereocenters. The van der Waals surface area contributed by atoms with Crippen LogP contribution in [0.5, 0.6) is 0 Å². The number of urea groups is 1. The predicted octanol–water partition coefficient (Wildman–Crippen LogP) is 3.71. The molecule has 5 heteroatoms. The smallest absolute Gasteiger partial charge is 0.321 e. The maximum Gasteiger partial charge on any atom is 0.322 e. The Morgan fingerprint density at radius 2 is 2.09 bits per heavy atom. The number of nitrogens with one attached hydrogen (secondary N) is 1. The Morgan fingerprint density at radius 3 is 2.68 bits per heavy atom. The molecule has 22 heavy (non-hydrogen) atoms. The molecular weight excluding hydrogens is 276 g/mol. The molecule has 0 aliphatic heterocycles. The fourth-order valence-electron chi connectivity index (χ4n) is 2.47. The van der Waals surface area contributed by atoms with Crippen LogP contribution in [0.2, 0.25) is 0 Å². The summed E-state index contributed by atoms with van der Waals surface area (Å²) in [5, 5.41) is 2.93. The van der Waals surface area contributed by atoms with Gasteiger partial charge in [0.25, 0.3) is 0 Å². The lowest BCUT2D eigenvalue weighted by atomic mass is 10.1. The Balaban J connectivity index is 2.14. The topological polar surface area (TPSA) is 58.1 Å². The average molecular weight is 298 g/mol. The van der Waals surface area contributed by atoms with E-state index in [0.29, 0.717) is 0 Å². The fraction of sp³-hybridized carbons (Fsp3) is 0.353. The summed E-state index contributed by atoms with van der Waals surface area (Å²) in [6.45, 7) is 5.88. The molecule has 0 radical (unpaired) electrons. The van der Waals surface area contributed by atoms with Gasteiger partial charge in [-0.1, -0.05) is 13.0 Å². The molecule has 2 amide bonds. The van der Waals surface area contributed by atoms with Crippen molar-refractivity contribution < 1.29 is 4.79 Å². The summed E-state index contributed by atoms with van der Waals surface area (Å²) in [7, 11) is 1.80. The first kappa shape index (κ1) is 15.9. The maximum absolute atomic E-state index is 12.5. The Bertz CT molecular complexity index is 642. The number of aromatic nitrogens is 2. The average Bonchev–Trinajstić information content (AvgIpc) is 2.51. The van der Waals surface area contributed by atoms with Gasteiger partial charge in [-0.05, 0) is 44.0 Å². The lowest BCUT2D eigenvalue weighted by Gasteiger charge is -2.27. The van der Waals surface area contributed by atoms with Crippen LogP contribution in [0.25, 0.3) is 0 Å². The van der Waals surface area contributed by atoms with Gasteiger partial charge in [-0.2, -0.15) is 0 Å². The van der Waals surface area contributed by atoms with Crippen molar-refractivity contribution in [3.63, 3.8) is 0 Å². The van der Waals surface area contributed by atoms with Crippen molar-refractivity contribution in [3.05, 3.63) is 53.6 Å². The highest BCUT2D eigenvalue weighted by Crippen LogP contribution is 2.23. The van der Waals surface area contributed by atoms with E-state index in [2.05, 4.69) is 22.2 Å². The summed E-state index contributed by atoms with van der Waals surface area (Å²) in [6, 6.07) is 7.49. The summed E-state index contributed by atoms with van der Waals surface area (Å²) in [4.78, 5) is 22.7. The van der Waals surface area contributed by atoms with Gasteiger partial charge in [0, 0.05) is 25.1 Å². The van der Waals surface area contributed by atoms with E-state index in [-0.39, 0.29) is 12.1 Å². The number of rotatable bonds is 4. The molecule has 1 atom stereocenters. The molecular formula is C17H22N4O. The summed E-state index contributed by atoms with van der Waals surface area (Å²) < 4.78 is 0. The first-order chi connectivity index (χ1) is 10.5. The molecule has 2 heterocycles. The number of anilines is 1. The minimum absolute atomic E-state index is 0.00702. The van der Waals surface area contributed by atoms with E-state index in [1.165, 1.54) is 0 Å². The van der Waals surface area contributed by atoms with Gasteiger partial charge in [0.2, 0.25) is 0 Å². The van der Waals surface area contributed by atoms with E-state index in [9.17, 15) is 4.79 Å². The quantitative estimate of drug-likeness (QED) is 0.936. The second-order valence-corrected chi connectivity index (χ2v) is 5.34. The normalized spacial score (nSPS) is 11.8. The van der Waals surface area contributed by atoms with E-state index in [0.717, 1.165) is 29.1 Å². The van der Waals surface area contributed by atoms with E-state index in [1.54, 1.807) is 24.3 Å². The number of carbonyl (C=O) groups is 1. The monoisotopic (exact) mass is 298 g/mol. The van der Waals surface area contributed by atoms with Crippen LogP contribution >= 0.6 is 0 Å². The first-order valence-corrected chi connectivity index (χ1v) is 7.41. The van der Waals surface area contributed by atoms with Crippen molar-refractivity contribution >= 4 is 11.7 Å². The number of carbonyl (C=O) groups excluding carboxylic acids is 1. The maximum atomic E-state index is 12.5. The highest BCUT2D eigenvalue weighted by Gasteiger charge is 2.20. The Labute approximate surface area is 131 Å². The van der Waals surface area contributed by atoms with Crippen molar-refractivity contribution in [2.75, 3.05) is 12.4 Å². The molecule has 0 saturated carbocycles. The number of hydrogen-bond donors (Lipinski definition) is 1. The molecule has 0 bridgehead atoms. The molecule has 5 nitrogen and oxygen atoms in total. The lowest BCUT2D eigenvalue weighted by Crippen LogP contribution is -2.35. The molecule has 2 rings (SSSR count). The van der Waals surface area contributed by atoms with Crippen molar-refractivity contribution in [1.82, 2.24) is 14.9 Å². The molecule has 0 aliphatic carbocycles. The van der Waals surface area contributed by atoms with Gasteiger partial charge in [-0.25, -0.2) is 4.79 Å². The first-order valence-electron chi connectivity index (χ1n) is 7.41. The molecule has 0 aromatic carbocycles. The third kappa shape index (κ3) is 3.61. The van der Waals surface area contributed by atoms with Crippen LogP contribution in [0, 0.1) is 13.8 Å². The largest absolute Gasteiger partial charge is 0.322 e. The van der Waals surface area contributed by atoms with Crippen molar-refractivity contribution in [1.29, 1.82) is 0 Å². The van der Waals surface area contributed by atoms with Crippen LogP contribution in [-0.2, 0) is 0 Å². The van der Waals surface area contributed by atoms with E-state index in [4.69, 9.17) is 0 Å². The molecule has 1 N–H and O–H groups in total. The van der Waals surface area contributed by atoms with Gasteiger partial charge in [0.05, 0.1) is 17.4 Å². The van der Waals surface area contributed by atoms with E-state index < -0.39 is 0 Å². The van der Waals surface area contributed by atoms with E-state index in [1.807, 2.05) is 38.1 Å². The molecule has 2 aromatic rings. The molecule has 0 spiro atoms. The fourth-order valence-corrected chi connectivity index (χ4v) is 2.47. The number of amides is 2. The Kier molecular flexibility index (Phi) is 5.09. The summed E-state index contributed by atoms with van der Waals surface area (Å²) in [6.07, 6.45) is 4.36. The summed E-state index contributed by atoms with van der Waals surface area (Å²) >= 11 is 0. The summed E-state index contributed by atoms with van der Waals surface area (Å²) in [5.41, 5.74) is 3.52. The number of pyridine rings is 2. The molecule has 0 aliphatic rings. The van der Waals surface area contributed by atoms with Gasteiger partial charge in [-0.3, -0.25) is 9.97 Å². The van der Waals surface area contributed by atoms with Crippen LogP contribution in [0.3, 0.4) is 0 Å². The van der Waals surface area contributed by atoms with E-state index >= 15 is 0 Å². The SMILES string of the molecule is CC[C@H](c1cccnc1)N(C)C(=O)Nc1ccc(C)nc1C. The zero-order valence-electron chi connectivity index (χ0n) is 13.5. The summed E-state index contributed by atoms with van der Waals surface area (Å²) in [5.74, 6) is 0. The second kappa shape index (κ2) is 7.02. The standard InChI is InChI=1S/C17H22N4O/c1-5-16(14-7-6-10-18-11-14)21(4)17(22)20-15-9-8-12(2)19-13(15)3/h6-11,16H,5H2,1-4H3,(H,20,22)/t16-/m1/s1. The van der Waals surface area contributed by atoms with Gasteiger partial charge in [0.1, 0.15) is 0 Å². The van der Waals surface area contributed by atoms with Crippen LogP contribution in [-0.4, -0.2) is 27.9 Å². The van der Waals surface area contributed by atoms with Gasteiger partial charge in [-0.15, -0.1) is 0 Å². The molecule has 2 aromatic heterocycles. The van der Waals surface area contributed by atoms with Crippen molar-refractivity contribution in [2.45, 2.75) is 33.2 Å². The lowest BCUT2D eigenvalue weighted by molar-refractivity contribution is 0.202. The Morgan fingerprint density at radius 1 is 1.32 bits per heavy atom.